The van der Waals surface area contributed by atoms with Crippen LogP contribution in [-0.4, -0.2) is 30.0 Å². The van der Waals surface area contributed by atoms with E-state index in [9.17, 15) is 0 Å². The Bertz CT molecular complexity index is 94.9. The van der Waals surface area contributed by atoms with Crippen LogP contribution in [0.25, 0.3) is 0 Å². The van der Waals surface area contributed by atoms with Gasteiger partial charge in [-0.15, -0.1) is 0 Å². The Morgan fingerprint density at radius 2 is 1.56 bits per heavy atom. The molecular formula is C5H14O3Sn. The Labute approximate surface area is 60.8 Å². The van der Waals surface area contributed by atoms with Gasteiger partial charge in [0.05, 0.1) is 0 Å². The van der Waals surface area contributed by atoms with Crippen molar-refractivity contribution in [2.24, 2.45) is 0 Å². The molecule has 0 aliphatic carbocycles. The van der Waals surface area contributed by atoms with Crippen LogP contribution in [0.3, 0.4) is 0 Å². The average molecular weight is 241 g/mol. The van der Waals surface area contributed by atoms with Crippen molar-refractivity contribution in [2.75, 3.05) is 0 Å². The molecule has 0 saturated carbocycles. The van der Waals surface area contributed by atoms with E-state index >= 15 is 0 Å². The first-order valence-corrected chi connectivity index (χ1v) is 8.24. The zero-order chi connectivity index (χ0) is 7.71. The molecular weight excluding hydrogens is 227 g/mol. The van der Waals surface area contributed by atoms with Crippen molar-refractivity contribution in [3.8, 4) is 0 Å². The number of rotatable bonds is 2. The predicted molar refractivity (Wildman–Crippen MR) is 36.7 cm³/mol. The Kier molecular flexibility index (Phi) is 2.94. The summed E-state index contributed by atoms with van der Waals surface area (Å²) in [5, 5.41) is 0. The van der Waals surface area contributed by atoms with Gasteiger partial charge >= 0.3 is 60.6 Å². The minimum atomic E-state index is -4.57. The van der Waals surface area contributed by atoms with E-state index in [-0.39, 0.29) is 0 Å². The second-order valence-corrected chi connectivity index (χ2v) is 10.4. The maximum absolute atomic E-state index is 8.87. The van der Waals surface area contributed by atoms with Gasteiger partial charge in [0, 0.05) is 0 Å². The Hall–Kier alpha value is 0.679. The summed E-state index contributed by atoms with van der Waals surface area (Å²) in [7, 11) is 0. The van der Waals surface area contributed by atoms with Crippen molar-refractivity contribution in [3.63, 3.8) is 0 Å². The SMILES string of the molecule is CC[C](C)(C)[Sn]([OH])([OH])[OH]. The van der Waals surface area contributed by atoms with Crippen LogP contribution in [0.2, 0.25) is 3.43 Å². The van der Waals surface area contributed by atoms with E-state index < -0.39 is 23.1 Å². The fourth-order valence-electron chi connectivity index (χ4n) is 0.237. The van der Waals surface area contributed by atoms with Gasteiger partial charge in [-0.25, -0.2) is 0 Å². The summed E-state index contributed by atoms with van der Waals surface area (Å²) in [5.41, 5.74) is 0. The van der Waals surface area contributed by atoms with Gasteiger partial charge in [0.25, 0.3) is 0 Å². The fraction of sp³-hybridized carbons (Fsp3) is 1.00. The molecule has 0 fully saturated rings. The topological polar surface area (TPSA) is 60.7 Å². The van der Waals surface area contributed by atoms with Gasteiger partial charge < -0.3 is 0 Å². The monoisotopic (exact) mass is 242 g/mol. The molecule has 0 atom stereocenters. The third-order valence-corrected chi connectivity index (χ3v) is 7.98. The molecule has 0 heterocycles. The zero-order valence-electron chi connectivity index (χ0n) is 6.05. The van der Waals surface area contributed by atoms with Gasteiger partial charge in [-0.05, 0) is 0 Å². The van der Waals surface area contributed by atoms with Gasteiger partial charge in [-0.2, -0.15) is 0 Å². The third kappa shape index (κ3) is 2.41. The molecule has 0 radical (unpaired) electrons. The van der Waals surface area contributed by atoms with Crippen molar-refractivity contribution in [1.82, 2.24) is 0 Å². The molecule has 0 aliphatic heterocycles. The average Bonchev–Trinajstić information content (AvgIpc) is 1.64. The van der Waals surface area contributed by atoms with Crippen molar-refractivity contribution in [1.29, 1.82) is 0 Å². The Morgan fingerprint density at radius 1 is 1.22 bits per heavy atom. The van der Waals surface area contributed by atoms with Crippen LogP contribution in [0.4, 0.5) is 0 Å². The first-order chi connectivity index (χ1) is 3.81. The van der Waals surface area contributed by atoms with Crippen molar-refractivity contribution in [3.05, 3.63) is 0 Å². The normalized spacial score (nSPS) is 14.0. The van der Waals surface area contributed by atoms with Crippen LogP contribution in [0.5, 0.6) is 0 Å². The van der Waals surface area contributed by atoms with E-state index in [4.69, 9.17) is 10.3 Å². The predicted octanol–water partition coefficient (Wildman–Crippen LogP) is 0.0924. The van der Waals surface area contributed by atoms with Gasteiger partial charge in [0.1, 0.15) is 0 Å². The summed E-state index contributed by atoms with van der Waals surface area (Å²) in [6, 6.07) is 0. The molecule has 56 valence electrons. The molecule has 0 amide bonds. The summed E-state index contributed by atoms with van der Waals surface area (Å²) in [4.78, 5) is 0. The van der Waals surface area contributed by atoms with E-state index in [2.05, 4.69) is 0 Å². The second-order valence-electron chi connectivity index (χ2n) is 2.87. The summed E-state index contributed by atoms with van der Waals surface area (Å²) in [6.45, 7) is 5.17. The van der Waals surface area contributed by atoms with E-state index in [1.54, 1.807) is 13.8 Å². The Balaban J connectivity index is 4.14. The number of hydrogen-bond donors (Lipinski definition) is 3. The molecule has 9 heavy (non-hydrogen) atoms. The molecule has 0 saturated heterocycles. The molecule has 0 spiro atoms. The van der Waals surface area contributed by atoms with E-state index in [1.165, 1.54) is 0 Å². The molecule has 0 bridgehead atoms. The van der Waals surface area contributed by atoms with Crippen LogP contribution in [0.15, 0.2) is 0 Å². The van der Waals surface area contributed by atoms with E-state index in [1.807, 2.05) is 6.92 Å². The fourth-order valence-corrected chi connectivity index (χ4v) is 1.59. The Morgan fingerprint density at radius 3 is 1.56 bits per heavy atom. The van der Waals surface area contributed by atoms with Gasteiger partial charge in [-0.3, -0.25) is 0 Å². The van der Waals surface area contributed by atoms with Crippen LogP contribution < -0.4 is 0 Å². The molecule has 0 aromatic heterocycles. The minimum absolute atomic E-state index is 0.604. The molecule has 0 aliphatic rings. The van der Waals surface area contributed by atoms with Crippen LogP contribution in [-0.2, 0) is 0 Å². The summed E-state index contributed by atoms with van der Waals surface area (Å²) < 4.78 is 26.0. The zero-order valence-corrected chi connectivity index (χ0v) is 8.90. The molecule has 0 rings (SSSR count). The molecule has 4 heteroatoms. The van der Waals surface area contributed by atoms with Crippen molar-refractivity contribution < 1.29 is 10.3 Å². The summed E-state index contributed by atoms with van der Waals surface area (Å²) in [5.74, 6) is 0. The number of hydrogen-bond acceptors (Lipinski definition) is 3. The van der Waals surface area contributed by atoms with Crippen LogP contribution in [0.1, 0.15) is 27.2 Å². The molecule has 0 aromatic carbocycles. The molecule has 0 aromatic rings. The quantitative estimate of drug-likeness (QED) is 0.600. The first kappa shape index (κ1) is 9.68. The summed E-state index contributed by atoms with van der Waals surface area (Å²) in [6.07, 6.45) is 0.604. The summed E-state index contributed by atoms with van der Waals surface area (Å²) >= 11 is -4.57. The van der Waals surface area contributed by atoms with Crippen LogP contribution in [0, 0.1) is 0 Å². The first-order valence-electron chi connectivity index (χ1n) is 2.98. The maximum atomic E-state index is 8.87. The molecule has 3 N–H and O–H groups in total. The standard InChI is InChI=1S/C5H11.3H2O.Sn/c1-4-5(2)3;;;;/h4H2,1-3H3;3*1H2;/q;;;;+3/p-3. The van der Waals surface area contributed by atoms with E-state index in [0.717, 1.165) is 0 Å². The van der Waals surface area contributed by atoms with Gasteiger partial charge in [0.15, 0.2) is 0 Å². The molecule has 3 nitrogen and oxygen atoms in total. The van der Waals surface area contributed by atoms with Gasteiger partial charge in [0.2, 0.25) is 0 Å². The third-order valence-electron chi connectivity index (χ3n) is 1.79. The molecule has 0 unspecified atom stereocenters. The van der Waals surface area contributed by atoms with Crippen molar-refractivity contribution in [2.45, 2.75) is 30.6 Å². The van der Waals surface area contributed by atoms with Crippen LogP contribution >= 0.6 is 0 Å². The van der Waals surface area contributed by atoms with E-state index in [0.29, 0.717) is 6.42 Å². The van der Waals surface area contributed by atoms with Crippen molar-refractivity contribution >= 4 is 19.6 Å². The second kappa shape index (κ2) is 2.73. The van der Waals surface area contributed by atoms with Gasteiger partial charge in [-0.1, -0.05) is 0 Å².